The second-order valence-electron chi connectivity index (χ2n) is 7.00. The first-order chi connectivity index (χ1) is 11.9. The van der Waals surface area contributed by atoms with Crippen molar-refractivity contribution in [2.45, 2.75) is 53.4 Å². The molecule has 0 bridgehead atoms. The van der Waals surface area contributed by atoms with Crippen LogP contribution in [0.25, 0.3) is 0 Å². The van der Waals surface area contributed by atoms with Crippen molar-refractivity contribution in [3.63, 3.8) is 0 Å². The van der Waals surface area contributed by atoms with E-state index in [1.165, 1.54) is 11.1 Å². The van der Waals surface area contributed by atoms with Gasteiger partial charge in [0, 0.05) is 12.1 Å². The van der Waals surface area contributed by atoms with Gasteiger partial charge in [0.2, 0.25) is 5.91 Å². The molecule has 3 heteroatoms. The number of anilines is 1. The smallest absolute Gasteiger partial charge is 0.224 e. The third-order valence-corrected chi connectivity index (χ3v) is 4.31. The Morgan fingerprint density at radius 2 is 1.64 bits per heavy atom. The van der Waals surface area contributed by atoms with E-state index in [1.807, 2.05) is 26.0 Å². The summed E-state index contributed by atoms with van der Waals surface area (Å²) in [5.74, 6) is 1.41. The van der Waals surface area contributed by atoms with Crippen LogP contribution in [0.15, 0.2) is 36.4 Å². The molecule has 0 heterocycles. The van der Waals surface area contributed by atoms with Gasteiger partial charge in [0.25, 0.3) is 0 Å². The Morgan fingerprint density at radius 3 is 2.20 bits per heavy atom. The summed E-state index contributed by atoms with van der Waals surface area (Å²) in [6, 6.07) is 12.4. The summed E-state index contributed by atoms with van der Waals surface area (Å²) in [7, 11) is 0. The molecule has 0 fully saturated rings. The topological polar surface area (TPSA) is 38.3 Å². The molecule has 2 rings (SSSR count). The molecule has 0 spiro atoms. The Morgan fingerprint density at radius 1 is 1.04 bits per heavy atom. The molecule has 0 aliphatic carbocycles. The molecule has 3 nitrogen and oxygen atoms in total. The Hall–Kier alpha value is -2.29. The minimum atomic E-state index is 0.0359. The molecule has 0 aliphatic heterocycles. The van der Waals surface area contributed by atoms with Crippen LogP contribution in [0.4, 0.5) is 5.69 Å². The van der Waals surface area contributed by atoms with Crippen LogP contribution in [0, 0.1) is 20.8 Å². The van der Waals surface area contributed by atoms with E-state index in [0.717, 1.165) is 22.6 Å². The molecule has 134 valence electrons. The summed E-state index contributed by atoms with van der Waals surface area (Å²) >= 11 is 0. The molecule has 0 radical (unpaired) electrons. The first kappa shape index (κ1) is 19.0. The molecule has 0 unspecified atom stereocenters. The molecular weight excluding hydrogens is 310 g/mol. The number of aryl methyl sites for hydroxylation is 3. The van der Waals surface area contributed by atoms with E-state index in [-0.39, 0.29) is 5.91 Å². The van der Waals surface area contributed by atoms with Gasteiger partial charge in [0.1, 0.15) is 5.75 Å². The predicted octanol–water partition coefficient (Wildman–Crippen LogP) is 5.53. The SMILES string of the molecule is Cc1cc(C)c(NC(=O)CCCOc2ccc(C(C)C)cc2)c(C)c1. The highest BCUT2D eigenvalue weighted by Crippen LogP contribution is 2.22. The molecule has 0 aromatic heterocycles. The number of amides is 1. The van der Waals surface area contributed by atoms with E-state index >= 15 is 0 Å². The van der Waals surface area contributed by atoms with Gasteiger partial charge in [-0.15, -0.1) is 0 Å². The fourth-order valence-corrected chi connectivity index (χ4v) is 2.95. The van der Waals surface area contributed by atoms with Gasteiger partial charge in [-0.3, -0.25) is 4.79 Å². The first-order valence-electron chi connectivity index (χ1n) is 8.97. The fraction of sp³-hybridized carbons (Fsp3) is 0.409. The Bertz CT molecular complexity index is 694. The molecule has 1 amide bonds. The molecule has 0 aliphatic rings. The van der Waals surface area contributed by atoms with E-state index in [1.54, 1.807) is 0 Å². The van der Waals surface area contributed by atoms with Crippen molar-refractivity contribution in [2.24, 2.45) is 0 Å². The van der Waals surface area contributed by atoms with Crippen LogP contribution in [0.3, 0.4) is 0 Å². The van der Waals surface area contributed by atoms with E-state index in [2.05, 4.69) is 50.4 Å². The lowest BCUT2D eigenvalue weighted by Gasteiger charge is -2.13. The Labute approximate surface area is 151 Å². The summed E-state index contributed by atoms with van der Waals surface area (Å²) < 4.78 is 5.72. The molecular formula is C22H29NO2. The minimum Gasteiger partial charge on any atom is -0.494 e. The van der Waals surface area contributed by atoms with Gasteiger partial charge in [-0.05, 0) is 61.9 Å². The van der Waals surface area contributed by atoms with Gasteiger partial charge in [-0.25, -0.2) is 0 Å². The largest absolute Gasteiger partial charge is 0.494 e. The highest BCUT2D eigenvalue weighted by molar-refractivity contribution is 5.92. The van der Waals surface area contributed by atoms with Gasteiger partial charge in [-0.2, -0.15) is 0 Å². The van der Waals surface area contributed by atoms with Gasteiger partial charge >= 0.3 is 0 Å². The fourth-order valence-electron chi connectivity index (χ4n) is 2.95. The lowest BCUT2D eigenvalue weighted by Crippen LogP contribution is -2.14. The number of carbonyl (C=O) groups is 1. The van der Waals surface area contributed by atoms with Crippen LogP contribution in [-0.2, 0) is 4.79 Å². The quantitative estimate of drug-likeness (QED) is 0.673. The molecule has 0 atom stereocenters. The summed E-state index contributed by atoms with van der Waals surface area (Å²) in [6.07, 6.45) is 1.15. The van der Waals surface area contributed by atoms with E-state index in [0.29, 0.717) is 25.4 Å². The third-order valence-electron chi connectivity index (χ3n) is 4.31. The van der Waals surface area contributed by atoms with Crippen LogP contribution >= 0.6 is 0 Å². The summed E-state index contributed by atoms with van der Waals surface area (Å²) in [5.41, 5.74) is 5.65. The van der Waals surface area contributed by atoms with Crippen molar-refractivity contribution in [3.8, 4) is 5.75 Å². The molecule has 0 saturated carbocycles. The van der Waals surface area contributed by atoms with Crippen LogP contribution < -0.4 is 10.1 Å². The van der Waals surface area contributed by atoms with Crippen LogP contribution in [0.2, 0.25) is 0 Å². The van der Waals surface area contributed by atoms with E-state index in [9.17, 15) is 4.79 Å². The average Bonchev–Trinajstić information content (AvgIpc) is 2.55. The monoisotopic (exact) mass is 339 g/mol. The van der Waals surface area contributed by atoms with E-state index in [4.69, 9.17) is 4.74 Å². The Balaban J connectivity index is 1.77. The number of ether oxygens (including phenoxy) is 1. The average molecular weight is 339 g/mol. The van der Waals surface area contributed by atoms with Crippen molar-refractivity contribution >= 4 is 11.6 Å². The second-order valence-corrected chi connectivity index (χ2v) is 7.00. The normalized spacial score (nSPS) is 10.8. The van der Waals surface area contributed by atoms with Gasteiger partial charge < -0.3 is 10.1 Å². The van der Waals surface area contributed by atoms with Crippen molar-refractivity contribution in [2.75, 3.05) is 11.9 Å². The summed E-state index contributed by atoms with van der Waals surface area (Å²) in [5, 5.41) is 3.03. The van der Waals surface area contributed by atoms with Gasteiger partial charge in [0.05, 0.1) is 6.61 Å². The number of hydrogen-bond acceptors (Lipinski definition) is 2. The van der Waals surface area contributed by atoms with Crippen LogP contribution in [0.5, 0.6) is 5.75 Å². The minimum absolute atomic E-state index is 0.0359. The number of hydrogen-bond donors (Lipinski definition) is 1. The van der Waals surface area contributed by atoms with Gasteiger partial charge in [0.15, 0.2) is 0 Å². The highest BCUT2D eigenvalue weighted by Gasteiger charge is 2.08. The molecule has 0 saturated heterocycles. The maximum atomic E-state index is 12.2. The zero-order chi connectivity index (χ0) is 18.4. The Kier molecular flexibility index (Phi) is 6.63. The molecule has 2 aromatic carbocycles. The highest BCUT2D eigenvalue weighted by atomic mass is 16.5. The predicted molar refractivity (Wildman–Crippen MR) is 105 cm³/mol. The summed E-state index contributed by atoms with van der Waals surface area (Å²) in [6.45, 7) is 11.0. The first-order valence-corrected chi connectivity index (χ1v) is 8.97. The zero-order valence-electron chi connectivity index (χ0n) is 16.0. The van der Waals surface area contributed by atoms with Crippen molar-refractivity contribution in [1.29, 1.82) is 0 Å². The lowest BCUT2D eigenvalue weighted by molar-refractivity contribution is -0.116. The lowest BCUT2D eigenvalue weighted by atomic mass is 10.0. The van der Waals surface area contributed by atoms with Crippen LogP contribution in [-0.4, -0.2) is 12.5 Å². The number of rotatable bonds is 7. The van der Waals surface area contributed by atoms with E-state index < -0.39 is 0 Å². The zero-order valence-corrected chi connectivity index (χ0v) is 16.0. The maximum absolute atomic E-state index is 12.2. The standard InChI is InChI=1S/C22H29NO2/c1-15(2)19-8-10-20(11-9-19)25-12-6-7-21(24)23-22-17(4)13-16(3)14-18(22)5/h8-11,13-15H,6-7,12H2,1-5H3,(H,23,24). The van der Waals surface area contributed by atoms with Crippen molar-refractivity contribution in [1.82, 2.24) is 0 Å². The van der Waals surface area contributed by atoms with Crippen molar-refractivity contribution in [3.05, 3.63) is 58.7 Å². The summed E-state index contributed by atoms with van der Waals surface area (Å²) in [4.78, 5) is 12.2. The third kappa shape index (κ3) is 5.63. The molecule has 2 aromatic rings. The number of nitrogens with one attached hydrogen (secondary N) is 1. The maximum Gasteiger partial charge on any atom is 0.224 e. The molecule has 25 heavy (non-hydrogen) atoms. The van der Waals surface area contributed by atoms with Gasteiger partial charge in [-0.1, -0.05) is 43.7 Å². The van der Waals surface area contributed by atoms with Crippen molar-refractivity contribution < 1.29 is 9.53 Å². The second kappa shape index (κ2) is 8.70. The molecule has 1 N–H and O–H groups in total. The number of carbonyl (C=O) groups excluding carboxylic acids is 1. The number of benzene rings is 2. The van der Waals surface area contributed by atoms with Crippen LogP contribution in [0.1, 0.15) is 54.9 Å².